The first-order chi connectivity index (χ1) is 15.6. The second-order valence-corrected chi connectivity index (χ2v) is 10.8. The molecular weight excluding hydrogens is 422 g/mol. The zero-order chi connectivity index (χ0) is 22.1. The molecule has 2 unspecified atom stereocenters. The van der Waals surface area contributed by atoms with E-state index >= 15 is 0 Å². The van der Waals surface area contributed by atoms with Gasteiger partial charge in [-0.3, -0.25) is 4.68 Å². The molecule has 5 rings (SSSR count). The van der Waals surface area contributed by atoms with Gasteiger partial charge in [-0.25, -0.2) is 18.5 Å². The summed E-state index contributed by atoms with van der Waals surface area (Å²) in [6.07, 6.45) is 12.9. The van der Waals surface area contributed by atoms with Crippen molar-refractivity contribution in [3.8, 4) is 17.3 Å². The normalized spacial score (nSPS) is 26.4. The van der Waals surface area contributed by atoms with E-state index in [0.29, 0.717) is 18.3 Å². The van der Waals surface area contributed by atoms with Crippen molar-refractivity contribution in [2.45, 2.75) is 51.0 Å². The third-order valence-electron chi connectivity index (χ3n) is 7.14. The van der Waals surface area contributed by atoms with Gasteiger partial charge in [-0.15, -0.1) is 0 Å². The zero-order valence-corrected chi connectivity index (χ0v) is 19.2. The van der Waals surface area contributed by atoms with Crippen molar-refractivity contribution in [3.63, 3.8) is 0 Å². The number of aromatic nitrogens is 5. The number of fused-ring (bicyclic) bond motifs is 2. The molecule has 1 N–H and O–H groups in total. The van der Waals surface area contributed by atoms with Gasteiger partial charge in [0.25, 0.3) is 0 Å². The number of nitrogens with zero attached hydrogens (tertiary/aromatic N) is 6. The number of nitriles is 1. The van der Waals surface area contributed by atoms with Gasteiger partial charge < -0.3 is 4.98 Å². The van der Waals surface area contributed by atoms with Gasteiger partial charge in [-0.2, -0.15) is 10.4 Å². The lowest BCUT2D eigenvalue weighted by Gasteiger charge is -2.29. The van der Waals surface area contributed by atoms with Gasteiger partial charge in [0.1, 0.15) is 12.0 Å². The highest BCUT2D eigenvalue weighted by molar-refractivity contribution is 7.82. The Hall–Kier alpha value is -2.57. The third-order valence-corrected chi connectivity index (χ3v) is 8.65. The van der Waals surface area contributed by atoms with Crippen molar-refractivity contribution in [1.82, 2.24) is 29.0 Å². The highest BCUT2D eigenvalue weighted by atomic mass is 32.2. The molecule has 3 aromatic rings. The van der Waals surface area contributed by atoms with Crippen LogP contribution in [-0.2, 0) is 16.5 Å². The van der Waals surface area contributed by atoms with E-state index in [1.165, 1.54) is 0 Å². The highest BCUT2D eigenvalue weighted by Crippen LogP contribution is 2.50. The standard InChI is InChI=1S/C23H29N7OS/c1-2-3-4-9-32(31)29-13-17-10-23(6-7-24,11-18(17)14-29)30-15-19(12-28-30)21-20-5-8-25-22(20)27-16-26-21/h5,8,12,15-18H,2-4,6,9-11,13-14H2,1H3,(H,25,26,27)/t17-,18+,23?,32?. The van der Waals surface area contributed by atoms with E-state index in [1.54, 1.807) is 6.33 Å². The fourth-order valence-corrected chi connectivity index (χ4v) is 6.98. The molecule has 1 aliphatic heterocycles. The van der Waals surface area contributed by atoms with Crippen molar-refractivity contribution in [1.29, 1.82) is 5.26 Å². The second-order valence-electron chi connectivity index (χ2n) is 9.20. The first-order valence-electron chi connectivity index (χ1n) is 11.5. The van der Waals surface area contributed by atoms with Crippen molar-refractivity contribution in [2.75, 3.05) is 18.8 Å². The molecule has 0 radical (unpaired) electrons. The van der Waals surface area contributed by atoms with Gasteiger partial charge >= 0.3 is 0 Å². The average Bonchev–Trinajstić information content (AvgIpc) is 3.55. The molecule has 4 heterocycles. The summed E-state index contributed by atoms with van der Waals surface area (Å²) in [5.74, 6) is 1.69. The van der Waals surface area contributed by atoms with Crippen LogP contribution in [0.15, 0.2) is 31.0 Å². The predicted molar refractivity (Wildman–Crippen MR) is 124 cm³/mol. The minimum atomic E-state index is -0.881. The van der Waals surface area contributed by atoms with Gasteiger partial charge in [-0.1, -0.05) is 19.8 Å². The Balaban J connectivity index is 1.34. The largest absolute Gasteiger partial charge is 0.346 e. The Morgan fingerprint density at radius 1 is 1.28 bits per heavy atom. The lowest BCUT2D eigenvalue weighted by molar-refractivity contribution is 0.241. The summed E-state index contributed by atoms with van der Waals surface area (Å²) in [6.45, 7) is 3.89. The van der Waals surface area contributed by atoms with E-state index in [2.05, 4.69) is 32.3 Å². The van der Waals surface area contributed by atoms with Gasteiger partial charge in [0.2, 0.25) is 0 Å². The number of aromatic amines is 1. The van der Waals surface area contributed by atoms with E-state index in [-0.39, 0.29) is 5.54 Å². The van der Waals surface area contributed by atoms with Crippen LogP contribution < -0.4 is 0 Å². The molecular formula is C23H29N7OS. The van der Waals surface area contributed by atoms with Crippen LogP contribution in [0.5, 0.6) is 0 Å². The highest BCUT2D eigenvalue weighted by Gasteiger charge is 2.51. The van der Waals surface area contributed by atoms with Gasteiger partial charge in [0, 0.05) is 42.2 Å². The van der Waals surface area contributed by atoms with Crippen LogP contribution in [0.4, 0.5) is 0 Å². The van der Waals surface area contributed by atoms with E-state index in [9.17, 15) is 9.47 Å². The molecule has 9 heteroatoms. The topological polar surface area (TPSA) is 103 Å². The van der Waals surface area contributed by atoms with Crippen LogP contribution in [0, 0.1) is 23.2 Å². The molecule has 0 bridgehead atoms. The summed E-state index contributed by atoms with van der Waals surface area (Å²) >= 11 is 0. The average molecular weight is 452 g/mol. The van der Waals surface area contributed by atoms with Crippen molar-refractivity contribution < 1.29 is 4.21 Å². The maximum absolute atomic E-state index is 12.7. The molecule has 0 aromatic carbocycles. The molecule has 1 aliphatic carbocycles. The molecule has 1 saturated heterocycles. The number of unbranched alkanes of at least 4 members (excludes halogenated alkanes) is 2. The fraction of sp³-hybridized carbons (Fsp3) is 0.565. The first kappa shape index (κ1) is 21.3. The molecule has 4 atom stereocenters. The molecule has 1 saturated carbocycles. The summed E-state index contributed by atoms with van der Waals surface area (Å²) in [6, 6.07) is 4.39. The smallest absolute Gasteiger partial charge is 0.141 e. The predicted octanol–water partition coefficient (Wildman–Crippen LogP) is 3.63. The molecule has 32 heavy (non-hydrogen) atoms. The Kier molecular flexibility index (Phi) is 5.82. The molecule has 2 fully saturated rings. The minimum Gasteiger partial charge on any atom is -0.346 e. The number of hydrogen-bond donors (Lipinski definition) is 1. The summed E-state index contributed by atoms with van der Waals surface area (Å²) < 4.78 is 16.9. The molecule has 8 nitrogen and oxygen atoms in total. The lowest BCUT2D eigenvalue weighted by atomic mass is 9.92. The quantitative estimate of drug-likeness (QED) is 0.527. The van der Waals surface area contributed by atoms with E-state index in [1.807, 2.05) is 29.3 Å². The number of nitrogens with one attached hydrogen (secondary N) is 1. The van der Waals surface area contributed by atoms with Gasteiger partial charge in [0.05, 0.1) is 40.9 Å². The Morgan fingerprint density at radius 3 is 2.84 bits per heavy atom. The Morgan fingerprint density at radius 2 is 2.09 bits per heavy atom. The number of H-pyrrole nitrogens is 1. The van der Waals surface area contributed by atoms with Crippen LogP contribution in [-0.4, -0.2) is 52.1 Å². The zero-order valence-electron chi connectivity index (χ0n) is 18.4. The summed E-state index contributed by atoms with van der Waals surface area (Å²) in [4.78, 5) is 11.9. The lowest BCUT2D eigenvalue weighted by Crippen LogP contribution is -2.35. The van der Waals surface area contributed by atoms with Crippen LogP contribution in [0.25, 0.3) is 22.3 Å². The van der Waals surface area contributed by atoms with Gasteiger partial charge in [0.15, 0.2) is 0 Å². The van der Waals surface area contributed by atoms with E-state index < -0.39 is 11.0 Å². The maximum Gasteiger partial charge on any atom is 0.141 e. The van der Waals surface area contributed by atoms with Crippen LogP contribution in [0.3, 0.4) is 0 Å². The van der Waals surface area contributed by atoms with Crippen LogP contribution >= 0.6 is 0 Å². The van der Waals surface area contributed by atoms with Gasteiger partial charge in [-0.05, 0) is 37.2 Å². The van der Waals surface area contributed by atoms with E-state index in [4.69, 9.17) is 5.10 Å². The van der Waals surface area contributed by atoms with Crippen molar-refractivity contribution >= 4 is 22.0 Å². The monoisotopic (exact) mass is 451 g/mol. The third kappa shape index (κ3) is 3.76. The van der Waals surface area contributed by atoms with Crippen molar-refractivity contribution in [3.05, 3.63) is 31.0 Å². The van der Waals surface area contributed by atoms with Crippen molar-refractivity contribution in [2.24, 2.45) is 11.8 Å². The molecule has 168 valence electrons. The maximum atomic E-state index is 12.7. The molecule has 3 aromatic heterocycles. The first-order valence-corrected chi connectivity index (χ1v) is 12.7. The van der Waals surface area contributed by atoms with Crippen LogP contribution in [0.1, 0.15) is 45.4 Å². The summed E-state index contributed by atoms with van der Waals surface area (Å²) in [5, 5.41) is 15.3. The fourth-order valence-electron chi connectivity index (χ4n) is 5.56. The second kappa shape index (κ2) is 8.75. The minimum absolute atomic E-state index is 0.303. The Labute approximate surface area is 190 Å². The summed E-state index contributed by atoms with van der Waals surface area (Å²) in [7, 11) is -0.881. The van der Waals surface area contributed by atoms with E-state index in [0.717, 1.165) is 73.2 Å². The summed E-state index contributed by atoms with van der Waals surface area (Å²) in [5.41, 5.74) is 2.28. The molecule has 2 aliphatic rings. The number of hydrogen-bond acceptors (Lipinski definition) is 5. The van der Waals surface area contributed by atoms with Crippen LogP contribution in [0.2, 0.25) is 0 Å². The molecule has 0 spiro atoms. The Bertz CT molecular complexity index is 1150. The SMILES string of the molecule is CCCCCS(=O)N1C[C@@H]2CC(CC#N)(n3cc(-c4ncnc5[nH]ccc45)cn3)C[C@@H]2C1. The number of rotatable bonds is 8. The molecule has 0 amide bonds.